The lowest BCUT2D eigenvalue weighted by Gasteiger charge is -2.08. The Bertz CT molecular complexity index is 820. The highest BCUT2D eigenvalue weighted by Gasteiger charge is 2.22. The third kappa shape index (κ3) is 2.06. The van der Waals surface area contributed by atoms with Crippen molar-refractivity contribution in [3.63, 3.8) is 0 Å². The van der Waals surface area contributed by atoms with E-state index in [-0.39, 0.29) is 6.79 Å². The van der Waals surface area contributed by atoms with Gasteiger partial charge in [0.05, 0.1) is 12.0 Å². The fourth-order valence-electron chi connectivity index (χ4n) is 2.35. The molecule has 110 valence electrons. The maximum atomic E-state index is 5.48. The van der Waals surface area contributed by atoms with Gasteiger partial charge in [0.1, 0.15) is 6.33 Å². The Balaban J connectivity index is 1.86. The van der Waals surface area contributed by atoms with Crippen LogP contribution in [-0.2, 0) is 0 Å². The summed E-state index contributed by atoms with van der Waals surface area (Å²) < 4.78 is 20.6. The molecule has 1 aromatic carbocycles. The van der Waals surface area contributed by atoms with Gasteiger partial charge >= 0.3 is 0 Å². The normalized spacial score (nSPS) is 12.4. The van der Waals surface area contributed by atoms with Crippen LogP contribution in [0, 0.1) is 0 Å². The molecule has 4 rings (SSSR count). The molecule has 0 amide bonds. The fraction of sp³-hybridized carbons (Fsp3) is 0.133. The topological polar surface area (TPSA) is 66.4 Å². The number of methoxy groups -OCH3 is 1. The van der Waals surface area contributed by atoms with Crippen molar-refractivity contribution in [1.29, 1.82) is 0 Å². The van der Waals surface area contributed by atoms with Gasteiger partial charge in [-0.25, -0.2) is 9.97 Å². The minimum Gasteiger partial charge on any atom is -0.493 e. The highest BCUT2D eigenvalue weighted by Crippen LogP contribution is 2.46. The van der Waals surface area contributed by atoms with Gasteiger partial charge in [-0.3, -0.25) is 0 Å². The molecule has 7 heteroatoms. The number of rotatable bonds is 3. The van der Waals surface area contributed by atoms with Gasteiger partial charge in [-0.05, 0) is 23.7 Å². The molecule has 3 heterocycles. The van der Waals surface area contributed by atoms with Crippen molar-refractivity contribution >= 4 is 11.5 Å². The summed E-state index contributed by atoms with van der Waals surface area (Å²) in [5.41, 5.74) is 2.86. The van der Waals surface area contributed by atoms with E-state index < -0.39 is 0 Å². The average Bonchev–Trinajstić information content (AvgIpc) is 3.23. The molecule has 0 atom stereocenters. The third-order valence-corrected chi connectivity index (χ3v) is 4.21. The van der Waals surface area contributed by atoms with Crippen LogP contribution in [0.15, 0.2) is 37.1 Å². The zero-order chi connectivity index (χ0) is 14.9. The molecule has 6 nitrogen and oxygen atoms in total. The maximum Gasteiger partial charge on any atom is 0.231 e. The summed E-state index contributed by atoms with van der Waals surface area (Å²) in [4.78, 5) is 9.13. The molecule has 22 heavy (non-hydrogen) atoms. The first-order valence-electron chi connectivity index (χ1n) is 6.55. The van der Waals surface area contributed by atoms with Gasteiger partial charge in [0.2, 0.25) is 12.5 Å². The van der Waals surface area contributed by atoms with E-state index in [1.54, 1.807) is 19.5 Å². The molecule has 0 spiro atoms. The lowest BCUT2D eigenvalue weighted by atomic mass is 10.1. The molecular formula is C15H11N3O3S. The number of ether oxygens (including phenoxy) is 3. The van der Waals surface area contributed by atoms with Gasteiger partial charge < -0.3 is 14.2 Å². The molecule has 0 saturated heterocycles. The molecule has 0 radical (unpaired) electrons. The van der Waals surface area contributed by atoms with Crippen LogP contribution in [-0.4, -0.2) is 28.2 Å². The minimum atomic E-state index is 0.206. The van der Waals surface area contributed by atoms with Crippen LogP contribution in [0.1, 0.15) is 0 Å². The quantitative estimate of drug-likeness (QED) is 0.740. The van der Waals surface area contributed by atoms with Gasteiger partial charge in [0, 0.05) is 35.3 Å². The predicted molar refractivity (Wildman–Crippen MR) is 81.3 cm³/mol. The van der Waals surface area contributed by atoms with Gasteiger partial charge in [-0.2, -0.15) is 4.37 Å². The van der Waals surface area contributed by atoms with E-state index in [1.807, 2.05) is 18.3 Å². The van der Waals surface area contributed by atoms with Crippen LogP contribution in [0.2, 0.25) is 0 Å². The van der Waals surface area contributed by atoms with Gasteiger partial charge in [-0.1, -0.05) is 0 Å². The standard InChI is InChI=1S/C15H11N3O3S/c1-19-12-2-9(3-13-14(12)21-8-20-13)15-11(6-18-22-15)10-4-16-7-17-5-10/h2-7H,8H2,1H3. The minimum absolute atomic E-state index is 0.206. The number of nitrogens with zero attached hydrogens (tertiary/aromatic N) is 3. The molecule has 0 saturated carbocycles. The van der Waals surface area contributed by atoms with E-state index in [4.69, 9.17) is 14.2 Å². The van der Waals surface area contributed by atoms with E-state index in [0.29, 0.717) is 17.2 Å². The Hall–Kier alpha value is -2.67. The average molecular weight is 313 g/mol. The first-order valence-corrected chi connectivity index (χ1v) is 7.32. The highest BCUT2D eigenvalue weighted by molar-refractivity contribution is 7.10. The monoisotopic (exact) mass is 313 g/mol. The van der Waals surface area contributed by atoms with Crippen LogP contribution in [0.3, 0.4) is 0 Å². The molecular weight excluding hydrogens is 302 g/mol. The van der Waals surface area contributed by atoms with Crippen molar-refractivity contribution in [1.82, 2.24) is 14.3 Å². The van der Waals surface area contributed by atoms with Crippen molar-refractivity contribution in [3.8, 4) is 38.8 Å². The van der Waals surface area contributed by atoms with Crippen LogP contribution in [0.25, 0.3) is 21.6 Å². The second-order valence-corrected chi connectivity index (χ2v) is 5.41. The Morgan fingerprint density at radius 1 is 1.09 bits per heavy atom. The zero-order valence-electron chi connectivity index (χ0n) is 11.6. The van der Waals surface area contributed by atoms with Crippen molar-refractivity contribution < 1.29 is 14.2 Å². The van der Waals surface area contributed by atoms with Crippen molar-refractivity contribution in [2.45, 2.75) is 0 Å². The summed E-state index contributed by atoms with van der Waals surface area (Å²) in [5.74, 6) is 1.96. The predicted octanol–water partition coefficient (Wildman–Crippen LogP) is 3.00. The fourth-order valence-corrected chi connectivity index (χ4v) is 3.11. The molecule has 0 N–H and O–H groups in total. The lowest BCUT2D eigenvalue weighted by molar-refractivity contribution is 0.171. The van der Waals surface area contributed by atoms with Crippen molar-refractivity contribution in [2.75, 3.05) is 13.9 Å². The summed E-state index contributed by atoms with van der Waals surface area (Å²) in [6.45, 7) is 0.206. The van der Waals surface area contributed by atoms with Crippen molar-refractivity contribution in [2.24, 2.45) is 0 Å². The SMILES string of the molecule is COc1cc(-c2sncc2-c2cncnc2)cc2c1OCO2. The number of hydrogen-bond acceptors (Lipinski definition) is 7. The van der Waals surface area contributed by atoms with Gasteiger partial charge in [0.25, 0.3) is 0 Å². The molecule has 1 aliphatic heterocycles. The summed E-state index contributed by atoms with van der Waals surface area (Å²) in [6, 6.07) is 3.86. The van der Waals surface area contributed by atoms with E-state index in [2.05, 4.69) is 14.3 Å². The number of aromatic nitrogens is 3. The highest BCUT2D eigenvalue weighted by atomic mass is 32.1. The summed E-state index contributed by atoms with van der Waals surface area (Å²) in [5, 5.41) is 0. The first-order chi connectivity index (χ1) is 10.9. The van der Waals surface area contributed by atoms with Crippen LogP contribution in [0.4, 0.5) is 0 Å². The Labute approximate surface area is 130 Å². The third-order valence-electron chi connectivity index (χ3n) is 3.36. The Morgan fingerprint density at radius 2 is 1.95 bits per heavy atom. The number of benzene rings is 1. The van der Waals surface area contributed by atoms with Gasteiger partial charge in [-0.15, -0.1) is 0 Å². The van der Waals surface area contributed by atoms with E-state index in [9.17, 15) is 0 Å². The van der Waals surface area contributed by atoms with Crippen LogP contribution in [0.5, 0.6) is 17.2 Å². The number of fused-ring (bicyclic) bond motifs is 1. The summed E-state index contributed by atoms with van der Waals surface area (Å²) in [6.07, 6.45) is 6.86. The second kappa shape index (κ2) is 5.27. The van der Waals surface area contributed by atoms with Crippen LogP contribution >= 0.6 is 11.5 Å². The first kappa shape index (κ1) is 13.0. The van der Waals surface area contributed by atoms with Crippen molar-refractivity contribution in [3.05, 3.63) is 37.1 Å². The van der Waals surface area contributed by atoms with E-state index >= 15 is 0 Å². The Kier molecular flexibility index (Phi) is 3.12. The van der Waals surface area contributed by atoms with Gasteiger partial charge in [0.15, 0.2) is 11.5 Å². The Morgan fingerprint density at radius 3 is 2.77 bits per heavy atom. The van der Waals surface area contributed by atoms with E-state index in [1.165, 1.54) is 17.9 Å². The molecule has 0 unspecified atom stereocenters. The molecule has 0 bridgehead atoms. The molecule has 1 aliphatic rings. The molecule has 0 aliphatic carbocycles. The summed E-state index contributed by atoms with van der Waals surface area (Å²) in [7, 11) is 1.61. The summed E-state index contributed by atoms with van der Waals surface area (Å²) >= 11 is 1.40. The smallest absolute Gasteiger partial charge is 0.231 e. The molecule has 0 fully saturated rings. The van der Waals surface area contributed by atoms with E-state index in [0.717, 1.165) is 21.6 Å². The number of hydrogen-bond donors (Lipinski definition) is 0. The maximum absolute atomic E-state index is 5.48. The molecule has 2 aromatic heterocycles. The molecule has 3 aromatic rings. The van der Waals surface area contributed by atoms with Crippen LogP contribution < -0.4 is 14.2 Å². The second-order valence-electron chi connectivity index (χ2n) is 4.61. The zero-order valence-corrected chi connectivity index (χ0v) is 12.5. The largest absolute Gasteiger partial charge is 0.493 e. The lowest BCUT2D eigenvalue weighted by Crippen LogP contribution is -1.93.